The van der Waals surface area contributed by atoms with Crippen molar-refractivity contribution in [1.82, 2.24) is 0 Å². The van der Waals surface area contributed by atoms with Gasteiger partial charge in [0.05, 0.1) is 23.1 Å². The van der Waals surface area contributed by atoms with Gasteiger partial charge in [-0.2, -0.15) is 0 Å². The lowest BCUT2D eigenvalue weighted by Crippen LogP contribution is -1.98. The Kier molecular flexibility index (Phi) is 9.41. The first-order valence-electron chi connectivity index (χ1n) is 9.81. The molecule has 0 saturated heterocycles. The Hall–Kier alpha value is -3.16. The lowest BCUT2D eigenvalue weighted by Gasteiger charge is -2.07. The van der Waals surface area contributed by atoms with Crippen LogP contribution in [0.2, 0.25) is 0 Å². The van der Waals surface area contributed by atoms with Crippen molar-refractivity contribution in [3.63, 3.8) is 0 Å². The molecule has 2 aromatic rings. The molecule has 0 atom stereocenters. The predicted octanol–water partition coefficient (Wildman–Crippen LogP) is 5.69. The second kappa shape index (κ2) is 12.3. The zero-order valence-electron chi connectivity index (χ0n) is 16.3. The van der Waals surface area contributed by atoms with Gasteiger partial charge in [0.25, 0.3) is 11.4 Å². The van der Waals surface area contributed by atoms with Gasteiger partial charge in [0.2, 0.25) is 0 Å². The van der Waals surface area contributed by atoms with Gasteiger partial charge in [-0.25, -0.2) is 0 Å². The van der Waals surface area contributed by atoms with Crippen molar-refractivity contribution in [3.05, 3.63) is 68.8 Å². The molecule has 0 aliphatic rings. The number of benzene rings is 2. The van der Waals surface area contributed by atoms with Crippen LogP contribution < -0.4 is 9.47 Å². The summed E-state index contributed by atoms with van der Waals surface area (Å²) in [5.41, 5.74) is 0.131. The Morgan fingerprint density at radius 3 is 1.17 bits per heavy atom. The third kappa shape index (κ3) is 8.59. The van der Waals surface area contributed by atoms with Gasteiger partial charge in [-0.1, -0.05) is 32.1 Å². The van der Waals surface area contributed by atoms with E-state index in [4.69, 9.17) is 9.47 Å². The van der Waals surface area contributed by atoms with Crippen LogP contribution in [-0.4, -0.2) is 23.1 Å². The van der Waals surface area contributed by atoms with Crippen molar-refractivity contribution in [2.24, 2.45) is 0 Å². The maximum absolute atomic E-state index is 10.6. The quantitative estimate of drug-likeness (QED) is 0.228. The van der Waals surface area contributed by atoms with Gasteiger partial charge < -0.3 is 9.47 Å². The Labute approximate surface area is 169 Å². The fraction of sp³-hybridized carbons (Fsp3) is 0.429. The van der Waals surface area contributed by atoms with Crippen LogP contribution in [-0.2, 0) is 0 Å². The minimum Gasteiger partial charge on any atom is -0.494 e. The van der Waals surface area contributed by atoms with Crippen LogP contribution in [0.15, 0.2) is 48.5 Å². The maximum Gasteiger partial charge on any atom is 0.269 e. The minimum absolute atomic E-state index is 0.0653. The summed E-state index contributed by atoms with van der Waals surface area (Å²) < 4.78 is 11.2. The number of non-ortho nitro benzene ring substituents is 2. The number of nitro benzene ring substituents is 2. The van der Waals surface area contributed by atoms with E-state index in [0.29, 0.717) is 24.7 Å². The van der Waals surface area contributed by atoms with E-state index in [1.165, 1.54) is 24.3 Å². The molecule has 2 rings (SSSR count). The highest BCUT2D eigenvalue weighted by Gasteiger charge is 2.05. The first-order chi connectivity index (χ1) is 14.1. The number of hydrogen-bond acceptors (Lipinski definition) is 6. The second-order valence-electron chi connectivity index (χ2n) is 6.67. The van der Waals surface area contributed by atoms with E-state index < -0.39 is 9.85 Å². The number of unbranched alkanes of at least 4 members (excludes halogenated alkanes) is 6. The molecule has 0 N–H and O–H groups in total. The van der Waals surface area contributed by atoms with Crippen molar-refractivity contribution in [2.45, 2.75) is 44.9 Å². The number of ether oxygens (including phenoxy) is 2. The first kappa shape index (κ1) is 22.1. The van der Waals surface area contributed by atoms with Crippen LogP contribution in [0, 0.1) is 20.2 Å². The molecule has 0 fully saturated rings. The molecule has 8 heteroatoms. The highest BCUT2D eigenvalue weighted by Crippen LogP contribution is 2.19. The van der Waals surface area contributed by atoms with E-state index in [9.17, 15) is 20.2 Å². The Balaban J connectivity index is 1.42. The number of rotatable bonds is 14. The van der Waals surface area contributed by atoms with Crippen LogP contribution in [0.1, 0.15) is 44.9 Å². The molecule has 0 aliphatic heterocycles. The average Bonchev–Trinajstić information content (AvgIpc) is 2.72. The van der Waals surface area contributed by atoms with Gasteiger partial charge >= 0.3 is 0 Å². The van der Waals surface area contributed by atoms with Gasteiger partial charge in [-0.05, 0) is 37.1 Å². The molecule has 0 amide bonds. The summed E-state index contributed by atoms with van der Waals surface area (Å²) in [7, 11) is 0. The second-order valence-corrected chi connectivity index (χ2v) is 6.67. The van der Waals surface area contributed by atoms with Crippen molar-refractivity contribution in [2.75, 3.05) is 13.2 Å². The minimum atomic E-state index is -0.425. The molecule has 0 aliphatic carbocycles. The Morgan fingerprint density at radius 2 is 0.862 bits per heavy atom. The van der Waals surface area contributed by atoms with Gasteiger partial charge in [-0.15, -0.1) is 0 Å². The van der Waals surface area contributed by atoms with Crippen LogP contribution in [0.25, 0.3) is 0 Å². The molecule has 0 spiro atoms. The summed E-state index contributed by atoms with van der Waals surface area (Å²) in [6, 6.07) is 12.3. The fourth-order valence-electron chi connectivity index (χ4n) is 2.80. The molecule has 156 valence electrons. The molecule has 0 bridgehead atoms. The van der Waals surface area contributed by atoms with E-state index in [2.05, 4.69) is 0 Å². The van der Waals surface area contributed by atoms with Gasteiger partial charge in [0.1, 0.15) is 11.5 Å². The summed E-state index contributed by atoms with van der Waals surface area (Å²) >= 11 is 0. The topological polar surface area (TPSA) is 105 Å². The van der Waals surface area contributed by atoms with Crippen LogP contribution >= 0.6 is 0 Å². The van der Waals surface area contributed by atoms with Crippen LogP contribution in [0.4, 0.5) is 11.4 Å². The predicted molar refractivity (Wildman–Crippen MR) is 110 cm³/mol. The number of nitro groups is 2. The number of nitrogens with zero attached hydrogens (tertiary/aromatic N) is 2. The Bertz CT molecular complexity index is 696. The fourth-order valence-corrected chi connectivity index (χ4v) is 2.80. The Morgan fingerprint density at radius 1 is 0.552 bits per heavy atom. The third-order valence-corrected chi connectivity index (χ3v) is 4.42. The zero-order valence-corrected chi connectivity index (χ0v) is 16.3. The molecular weight excluding hydrogens is 376 g/mol. The van der Waals surface area contributed by atoms with Crippen molar-refractivity contribution in [1.29, 1.82) is 0 Å². The van der Waals surface area contributed by atoms with Gasteiger partial charge in [0.15, 0.2) is 0 Å². The van der Waals surface area contributed by atoms with Crippen molar-refractivity contribution in [3.8, 4) is 11.5 Å². The van der Waals surface area contributed by atoms with E-state index in [0.717, 1.165) is 44.9 Å². The van der Waals surface area contributed by atoms with Crippen molar-refractivity contribution >= 4 is 11.4 Å². The molecule has 2 aromatic carbocycles. The average molecular weight is 402 g/mol. The summed E-state index contributed by atoms with van der Waals surface area (Å²) in [5, 5.41) is 21.2. The smallest absolute Gasteiger partial charge is 0.269 e. The summed E-state index contributed by atoms with van der Waals surface area (Å²) in [6.45, 7) is 1.22. The lowest BCUT2D eigenvalue weighted by molar-refractivity contribution is -0.385. The summed E-state index contributed by atoms with van der Waals surface area (Å²) in [5.74, 6) is 1.31. The standard InChI is InChI=1S/C21H26N2O6/c24-22(25)18-8-12-20(13-9-18)28-16-6-4-2-1-3-5-7-17-29-21-14-10-19(11-15-21)23(26)27/h8-15H,1-7,16-17H2. The van der Waals surface area contributed by atoms with Gasteiger partial charge in [0, 0.05) is 24.3 Å². The van der Waals surface area contributed by atoms with Crippen molar-refractivity contribution < 1.29 is 19.3 Å². The highest BCUT2D eigenvalue weighted by atomic mass is 16.6. The molecule has 0 heterocycles. The van der Waals surface area contributed by atoms with E-state index in [1.54, 1.807) is 24.3 Å². The lowest BCUT2D eigenvalue weighted by atomic mass is 10.1. The third-order valence-electron chi connectivity index (χ3n) is 4.42. The molecule has 8 nitrogen and oxygen atoms in total. The van der Waals surface area contributed by atoms with E-state index in [-0.39, 0.29) is 11.4 Å². The zero-order chi connectivity index (χ0) is 20.9. The normalized spacial score (nSPS) is 10.5. The summed E-state index contributed by atoms with van der Waals surface area (Å²) in [6.07, 6.45) is 7.55. The molecule has 0 aromatic heterocycles. The highest BCUT2D eigenvalue weighted by molar-refractivity contribution is 5.36. The molecule has 0 saturated carbocycles. The number of hydrogen-bond donors (Lipinski definition) is 0. The van der Waals surface area contributed by atoms with E-state index >= 15 is 0 Å². The van der Waals surface area contributed by atoms with Crippen LogP contribution in [0.3, 0.4) is 0 Å². The molecule has 29 heavy (non-hydrogen) atoms. The molecule has 0 unspecified atom stereocenters. The van der Waals surface area contributed by atoms with Crippen LogP contribution in [0.5, 0.6) is 11.5 Å². The van der Waals surface area contributed by atoms with E-state index in [1.807, 2.05) is 0 Å². The largest absolute Gasteiger partial charge is 0.494 e. The van der Waals surface area contributed by atoms with Gasteiger partial charge in [-0.3, -0.25) is 20.2 Å². The monoisotopic (exact) mass is 402 g/mol. The SMILES string of the molecule is O=[N+]([O-])c1ccc(OCCCCCCCCCOc2ccc([N+](=O)[O-])cc2)cc1. The molecule has 0 radical (unpaired) electrons. The maximum atomic E-state index is 10.6. The molecular formula is C21H26N2O6. The first-order valence-corrected chi connectivity index (χ1v) is 9.81. The summed E-state index contributed by atoms with van der Waals surface area (Å²) in [4.78, 5) is 20.3.